The minimum Gasteiger partial charge on any atom is -0.478 e. The number of ketones is 1. The summed E-state index contributed by atoms with van der Waals surface area (Å²) < 4.78 is 6.50. The Hall–Kier alpha value is -2.76. The summed E-state index contributed by atoms with van der Waals surface area (Å²) in [5.41, 5.74) is 4.28. The number of carboxylic acids is 1. The van der Waals surface area contributed by atoms with Gasteiger partial charge in [-0.25, -0.2) is 4.79 Å². The molecule has 4 aliphatic carbocycles. The predicted molar refractivity (Wildman–Crippen MR) is 163 cm³/mol. The van der Waals surface area contributed by atoms with E-state index in [1.165, 1.54) is 11.1 Å². The number of ether oxygens (including phenoxy) is 1. The van der Waals surface area contributed by atoms with Crippen LogP contribution in [0.3, 0.4) is 0 Å². The standard InChI is InChI=1S/C37H46O5/c1-23-20-26(34(40)41)10-11-27(23)22-42-33-31-13-12-28-29(35(31,3)17-16-32(33)39)14-18-36(4)30(28)15-19-37(36,24(2)38)21-25-8-6-5-7-9-25/h5-11,13,20,28-30,32-33,39H,12,14-19,21-22H2,1-4H3,(H,40,41)/t28?,29?,30?,32-,33?,35+,36-,37+/m0/s1. The van der Waals surface area contributed by atoms with Crippen molar-refractivity contribution < 1.29 is 24.5 Å². The zero-order valence-electron chi connectivity index (χ0n) is 25.6. The molecule has 0 aliphatic heterocycles. The number of aromatic carboxylic acids is 1. The van der Waals surface area contributed by atoms with Gasteiger partial charge in [0.25, 0.3) is 0 Å². The van der Waals surface area contributed by atoms with Crippen molar-refractivity contribution in [2.45, 2.75) is 97.9 Å². The van der Waals surface area contributed by atoms with Crippen molar-refractivity contribution in [3.05, 3.63) is 82.4 Å². The van der Waals surface area contributed by atoms with Gasteiger partial charge in [0.2, 0.25) is 0 Å². The van der Waals surface area contributed by atoms with Gasteiger partial charge in [-0.3, -0.25) is 4.79 Å². The Bertz CT molecular complexity index is 1400. The fourth-order valence-corrected chi connectivity index (χ4v) is 10.1. The first-order valence-corrected chi connectivity index (χ1v) is 15.9. The smallest absolute Gasteiger partial charge is 0.335 e. The number of benzene rings is 2. The lowest BCUT2D eigenvalue weighted by Gasteiger charge is -2.60. The van der Waals surface area contributed by atoms with Gasteiger partial charge in [0.15, 0.2) is 0 Å². The Morgan fingerprint density at radius 2 is 1.71 bits per heavy atom. The highest BCUT2D eigenvalue weighted by molar-refractivity contribution is 5.87. The number of allylic oxidation sites excluding steroid dienone is 1. The number of hydrogen-bond acceptors (Lipinski definition) is 4. The van der Waals surface area contributed by atoms with Crippen molar-refractivity contribution in [3.63, 3.8) is 0 Å². The van der Waals surface area contributed by atoms with Crippen LogP contribution in [0.2, 0.25) is 0 Å². The van der Waals surface area contributed by atoms with Gasteiger partial charge in [0.1, 0.15) is 11.9 Å². The zero-order chi connectivity index (χ0) is 29.9. The maximum Gasteiger partial charge on any atom is 0.335 e. The second kappa shape index (κ2) is 10.7. The van der Waals surface area contributed by atoms with Crippen LogP contribution in [0.15, 0.2) is 60.2 Å². The van der Waals surface area contributed by atoms with Crippen LogP contribution >= 0.6 is 0 Å². The number of fused-ring (bicyclic) bond motifs is 5. The summed E-state index contributed by atoms with van der Waals surface area (Å²) in [7, 11) is 0. The Labute approximate surface area is 250 Å². The molecule has 4 aliphatic rings. The van der Waals surface area contributed by atoms with Crippen LogP contribution in [-0.4, -0.2) is 34.2 Å². The van der Waals surface area contributed by atoms with Gasteiger partial charge in [-0.1, -0.05) is 56.3 Å². The quantitative estimate of drug-likeness (QED) is 0.341. The summed E-state index contributed by atoms with van der Waals surface area (Å²) in [4.78, 5) is 24.9. The van der Waals surface area contributed by atoms with Crippen molar-refractivity contribution in [2.24, 2.45) is 34.0 Å². The van der Waals surface area contributed by atoms with Crippen LogP contribution in [-0.2, 0) is 22.6 Å². The third-order valence-corrected chi connectivity index (χ3v) is 12.5. The molecule has 6 rings (SSSR count). The lowest BCUT2D eigenvalue weighted by molar-refractivity contribution is -0.142. The molecule has 8 atom stereocenters. The molecule has 0 aromatic heterocycles. The minimum absolute atomic E-state index is 0.0126. The van der Waals surface area contributed by atoms with E-state index in [9.17, 15) is 19.8 Å². The van der Waals surface area contributed by atoms with Crippen LogP contribution in [0.1, 0.15) is 92.8 Å². The van der Waals surface area contributed by atoms with Gasteiger partial charge in [-0.15, -0.1) is 0 Å². The first-order valence-electron chi connectivity index (χ1n) is 15.9. The topological polar surface area (TPSA) is 83.8 Å². The number of hydrogen-bond donors (Lipinski definition) is 2. The highest BCUT2D eigenvalue weighted by Crippen LogP contribution is 2.70. The number of rotatable bonds is 7. The van der Waals surface area contributed by atoms with Gasteiger partial charge < -0.3 is 14.9 Å². The van der Waals surface area contributed by atoms with Crippen molar-refractivity contribution in [3.8, 4) is 0 Å². The number of Topliss-reactive ketones (excluding diaryl/α,β-unsaturated/α-hetero) is 1. The zero-order valence-corrected chi connectivity index (χ0v) is 25.6. The Kier molecular flexibility index (Phi) is 7.50. The average molecular weight is 571 g/mol. The van der Waals surface area contributed by atoms with E-state index in [4.69, 9.17) is 4.74 Å². The monoisotopic (exact) mass is 570 g/mol. The molecular weight excluding hydrogens is 524 g/mol. The number of carbonyl (C=O) groups excluding carboxylic acids is 1. The molecule has 0 heterocycles. The molecule has 3 saturated carbocycles. The van der Waals surface area contributed by atoms with Crippen molar-refractivity contribution in [1.29, 1.82) is 0 Å². The molecule has 2 N–H and O–H groups in total. The highest BCUT2D eigenvalue weighted by atomic mass is 16.5. The molecule has 5 heteroatoms. The van der Waals surface area contributed by atoms with Gasteiger partial charge in [-0.2, -0.15) is 0 Å². The van der Waals surface area contributed by atoms with Gasteiger partial charge in [0, 0.05) is 5.41 Å². The molecule has 0 amide bonds. The summed E-state index contributed by atoms with van der Waals surface area (Å²) >= 11 is 0. The van der Waals surface area contributed by atoms with E-state index in [2.05, 4.69) is 50.3 Å². The number of carboxylic acid groups (broad SMARTS) is 1. The second-order valence-electron chi connectivity index (χ2n) is 14.3. The van der Waals surface area contributed by atoms with Gasteiger partial charge in [-0.05, 0) is 128 Å². The lowest BCUT2D eigenvalue weighted by atomic mass is 9.44. The molecule has 0 radical (unpaired) electrons. The van der Waals surface area contributed by atoms with E-state index >= 15 is 0 Å². The molecule has 3 fully saturated rings. The normalized spacial score (nSPS) is 37.3. The Morgan fingerprint density at radius 3 is 2.40 bits per heavy atom. The maximum atomic E-state index is 13.5. The SMILES string of the molecule is CC(=O)[C@]1(Cc2ccccc2)CCC2C3CC=C4C(OCc5ccc(C(=O)O)cc5C)[C@@H](O)CC[C@]4(C)C3CC[C@@]21C. The maximum absolute atomic E-state index is 13.5. The molecule has 2 aromatic rings. The molecule has 42 heavy (non-hydrogen) atoms. The third kappa shape index (κ3) is 4.50. The van der Waals surface area contributed by atoms with E-state index in [-0.39, 0.29) is 27.9 Å². The van der Waals surface area contributed by atoms with Crippen molar-refractivity contribution in [1.82, 2.24) is 0 Å². The largest absolute Gasteiger partial charge is 0.478 e. The second-order valence-corrected chi connectivity index (χ2v) is 14.3. The van der Waals surface area contributed by atoms with Crippen LogP contribution in [0.5, 0.6) is 0 Å². The summed E-state index contributed by atoms with van der Waals surface area (Å²) in [5.74, 6) is 0.993. The molecule has 0 bridgehead atoms. The summed E-state index contributed by atoms with van der Waals surface area (Å²) in [6.45, 7) is 8.93. The van der Waals surface area contributed by atoms with Crippen molar-refractivity contribution >= 4 is 11.8 Å². The number of aliphatic hydroxyl groups is 1. The fraction of sp³-hybridized carbons (Fsp3) is 0.568. The van der Waals surface area contributed by atoms with Crippen LogP contribution in [0, 0.1) is 40.9 Å². The minimum atomic E-state index is -0.933. The van der Waals surface area contributed by atoms with Gasteiger partial charge >= 0.3 is 5.97 Å². The van der Waals surface area contributed by atoms with E-state index in [0.717, 1.165) is 56.1 Å². The van der Waals surface area contributed by atoms with Crippen LogP contribution < -0.4 is 0 Å². The predicted octanol–water partition coefficient (Wildman–Crippen LogP) is 7.33. The first-order chi connectivity index (χ1) is 20.0. The third-order valence-electron chi connectivity index (χ3n) is 12.5. The van der Waals surface area contributed by atoms with Crippen LogP contribution in [0.4, 0.5) is 0 Å². The summed E-state index contributed by atoms with van der Waals surface area (Å²) in [5, 5.41) is 20.5. The van der Waals surface area contributed by atoms with E-state index in [0.29, 0.717) is 36.6 Å². The Morgan fingerprint density at radius 1 is 0.976 bits per heavy atom. The fourth-order valence-electron chi connectivity index (χ4n) is 10.1. The molecule has 4 unspecified atom stereocenters. The summed E-state index contributed by atoms with van der Waals surface area (Å²) in [6.07, 6.45) is 9.23. The highest BCUT2D eigenvalue weighted by Gasteiger charge is 2.65. The number of carbonyl (C=O) groups is 2. The number of aryl methyl sites for hydroxylation is 1. The van der Waals surface area contributed by atoms with E-state index in [1.54, 1.807) is 12.1 Å². The average Bonchev–Trinajstić information content (AvgIpc) is 3.27. The number of aliphatic hydroxyl groups excluding tert-OH is 1. The molecule has 5 nitrogen and oxygen atoms in total. The molecule has 2 aromatic carbocycles. The van der Waals surface area contributed by atoms with E-state index < -0.39 is 12.1 Å². The summed E-state index contributed by atoms with van der Waals surface area (Å²) in [6, 6.07) is 15.7. The Balaban J connectivity index is 1.26. The lowest BCUT2D eigenvalue weighted by Crippen LogP contribution is -2.56. The molecular formula is C37H46O5. The van der Waals surface area contributed by atoms with E-state index in [1.807, 2.05) is 19.9 Å². The molecule has 0 saturated heterocycles. The first kappa shape index (κ1) is 29.3. The van der Waals surface area contributed by atoms with Gasteiger partial charge in [0.05, 0.1) is 18.3 Å². The van der Waals surface area contributed by atoms with Crippen LogP contribution in [0.25, 0.3) is 0 Å². The molecule has 224 valence electrons. The molecule has 0 spiro atoms. The van der Waals surface area contributed by atoms with Crippen molar-refractivity contribution in [2.75, 3.05) is 0 Å².